The predicted octanol–water partition coefficient (Wildman–Crippen LogP) is 2.96. The summed E-state index contributed by atoms with van der Waals surface area (Å²) < 4.78 is 5.68. The molecule has 0 radical (unpaired) electrons. The van der Waals surface area contributed by atoms with Gasteiger partial charge in [0.1, 0.15) is 0 Å². The van der Waals surface area contributed by atoms with Crippen LogP contribution in [0.5, 0.6) is 0 Å². The number of nitriles is 1. The maximum absolute atomic E-state index is 9.40. The highest BCUT2D eigenvalue weighted by Crippen LogP contribution is 2.32. The fourth-order valence-electron chi connectivity index (χ4n) is 3.57. The molecule has 0 aromatic carbocycles. The highest BCUT2D eigenvalue weighted by atomic mass is 16.5. The standard InChI is InChI=1S/C15H26N2O/c1-15(18-2)9-6-10-17(12-15)14-8-5-3-4-7-13(14)11-16/h13-14H,3-10,12H2,1-2H3. The van der Waals surface area contributed by atoms with E-state index in [9.17, 15) is 5.26 Å². The van der Waals surface area contributed by atoms with Crippen molar-refractivity contribution in [2.75, 3.05) is 20.2 Å². The van der Waals surface area contributed by atoms with Gasteiger partial charge in [-0.25, -0.2) is 0 Å². The smallest absolute Gasteiger partial charge is 0.0777 e. The lowest BCUT2D eigenvalue weighted by Crippen LogP contribution is -2.52. The van der Waals surface area contributed by atoms with Gasteiger partial charge >= 0.3 is 0 Å². The molecule has 3 atom stereocenters. The van der Waals surface area contributed by atoms with Gasteiger partial charge in [-0.2, -0.15) is 5.26 Å². The fourth-order valence-corrected chi connectivity index (χ4v) is 3.57. The van der Waals surface area contributed by atoms with Crippen molar-refractivity contribution in [1.82, 2.24) is 4.90 Å². The molecule has 2 aliphatic rings. The van der Waals surface area contributed by atoms with Gasteiger partial charge in [0.2, 0.25) is 0 Å². The monoisotopic (exact) mass is 250 g/mol. The molecule has 0 amide bonds. The summed E-state index contributed by atoms with van der Waals surface area (Å²) in [6, 6.07) is 3.02. The van der Waals surface area contributed by atoms with Crippen LogP contribution >= 0.6 is 0 Å². The summed E-state index contributed by atoms with van der Waals surface area (Å²) in [4.78, 5) is 2.53. The van der Waals surface area contributed by atoms with Gasteiger partial charge in [-0.1, -0.05) is 19.3 Å². The normalized spacial score (nSPS) is 38.9. The van der Waals surface area contributed by atoms with Crippen LogP contribution in [0.4, 0.5) is 0 Å². The molecule has 0 spiro atoms. The highest BCUT2D eigenvalue weighted by Gasteiger charge is 2.37. The van der Waals surface area contributed by atoms with Gasteiger partial charge in [-0.05, 0) is 39.2 Å². The minimum atomic E-state index is -0.00937. The van der Waals surface area contributed by atoms with Crippen LogP contribution in [-0.2, 0) is 4.74 Å². The highest BCUT2D eigenvalue weighted by molar-refractivity contribution is 4.97. The van der Waals surface area contributed by atoms with Crippen LogP contribution in [0, 0.1) is 17.2 Å². The van der Waals surface area contributed by atoms with Crippen molar-refractivity contribution in [3.63, 3.8) is 0 Å². The van der Waals surface area contributed by atoms with Gasteiger partial charge in [0.25, 0.3) is 0 Å². The topological polar surface area (TPSA) is 36.3 Å². The number of hydrogen-bond acceptors (Lipinski definition) is 3. The van der Waals surface area contributed by atoms with E-state index in [1.807, 2.05) is 7.11 Å². The molecule has 3 unspecified atom stereocenters. The fraction of sp³-hybridized carbons (Fsp3) is 0.933. The number of nitrogens with zero attached hydrogens (tertiary/aromatic N) is 2. The Morgan fingerprint density at radius 1 is 1.22 bits per heavy atom. The zero-order chi connectivity index (χ0) is 13.0. The molecule has 18 heavy (non-hydrogen) atoms. The van der Waals surface area contributed by atoms with Crippen molar-refractivity contribution in [2.24, 2.45) is 5.92 Å². The molecule has 1 heterocycles. The lowest BCUT2D eigenvalue weighted by atomic mass is 9.88. The molecule has 0 bridgehead atoms. The number of methoxy groups -OCH3 is 1. The summed E-state index contributed by atoms with van der Waals surface area (Å²) >= 11 is 0. The Morgan fingerprint density at radius 2 is 2.00 bits per heavy atom. The number of piperidine rings is 1. The van der Waals surface area contributed by atoms with Crippen LogP contribution in [0.15, 0.2) is 0 Å². The maximum Gasteiger partial charge on any atom is 0.0777 e. The number of hydrogen-bond donors (Lipinski definition) is 0. The second-order valence-electron chi connectivity index (χ2n) is 6.17. The predicted molar refractivity (Wildman–Crippen MR) is 72.2 cm³/mol. The first-order valence-electron chi connectivity index (χ1n) is 7.37. The van der Waals surface area contributed by atoms with Crippen LogP contribution in [0.25, 0.3) is 0 Å². The van der Waals surface area contributed by atoms with E-state index in [2.05, 4.69) is 17.9 Å². The van der Waals surface area contributed by atoms with E-state index in [4.69, 9.17) is 4.74 Å². The molecular weight excluding hydrogens is 224 g/mol. The molecule has 0 N–H and O–H groups in total. The molecular formula is C15H26N2O. The van der Waals surface area contributed by atoms with Gasteiger partial charge in [-0.3, -0.25) is 4.90 Å². The first-order chi connectivity index (χ1) is 8.68. The third-order valence-electron chi connectivity index (χ3n) is 4.80. The average Bonchev–Trinajstić information content (AvgIpc) is 2.63. The first kappa shape index (κ1) is 13.8. The van der Waals surface area contributed by atoms with Crippen LogP contribution in [0.2, 0.25) is 0 Å². The van der Waals surface area contributed by atoms with E-state index in [0.29, 0.717) is 6.04 Å². The quantitative estimate of drug-likeness (QED) is 0.707. The van der Waals surface area contributed by atoms with Gasteiger partial charge in [-0.15, -0.1) is 0 Å². The molecule has 0 aromatic heterocycles. The summed E-state index contributed by atoms with van der Waals surface area (Å²) in [7, 11) is 1.82. The average molecular weight is 250 g/mol. The molecule has 2 rings (SSSR count). The third kappa shape index (κ3) is 3.05. The Kier molecular flexibility index (Phi) is 4.64. The molecule has 3 heteroatoms. The van der Waals surface area contributed by atoms with Crippen molar-refractivity contribution >= 4 is 0 Å². The maximum atomic E-state index is 9.40. The van der Waals surface area contributed by atoms with E-state index in [1.165, 1.54) is 32.1 Å². The minimum Gasteiger partial charge on any atom is -0.377 e. The first-order valence-corrected chi connectivity index (χ1v) is 7.37. The lowest BCUT2D eigenvalue weighted by molar-refractivity contribution is -0.0657. The second-order valence-corrected chi connectivity index (χ2v) is 6.17. The number of ether oxygens (including phenoxy) is 1. The molecule has 102 valence electrons. The van der Waals surface area contributed by atoms with E-state index in [1.54, 1.807) is 0 Å². The SMILES string of the molecule is COC1(C)CCCN(C2CCCCCC2C#N)C1. The number of rotatable bonds is 2. The Hall–Kier alpha value is -0.590. The van der Waals surface area contributed by atoms with Crippen LogP contribution in [0.1, 0.15) is 51.9 Å². The van der Waals surface area contributed by atoms with Crippen molar-refractivity contribution in [3.05, 3.63) is 0 Å². The molecule has 1 aliphatic carbocycles. The summed E-state index contributed by atoms with van der Waals surface area (Å²) in [5.41, 5.74) is -0.00937. The van der Waals surface area contributed by atoms with Crippen molar-refractivity contribution in [2.45, 2.75) is 63.5 Å². The van der Waals surface area contributed by atoms with Crippen LogP contribution < -0.4 is 0 Å². The molecule has 1 saturated heterocycles. The molecule has 1 aliphatic heterocycles. The lowest BCUT2D eigenvalue weighted by Gasteiger charge is -2.44. The summed E-state index contributed by atoms with van der Waals surface area (Å²) in [6.07, 6.45) is 8.42. The van der Waals surface area contributed by atoms with E-state index in [0.717, 1.165) is 25.9 Å². The Bertz CT molecular complexity index is 312. The van der Waals surface area contributed by atoms with Gasteiger partial charge in [0.15, 0.2) is 0 Å². The van der Waals surface area contributed by atoms with Gasteiger partial charge < -0.3 is 4.74 Å². The van der Waals surface area contributed by atoms with Gasteiger partial charge in [0.05, 0.1) is 17.6 Å². The third-order valence-corrected chi connectivity index (χ3v) is 4.80. The molecule has 1 saturated carbocycles. The van der Waals surface area contributed by atoms with Crippen molar-refractivity contribution in [3.8, 4) is 6.07 Å². The zero-order valence-corrected chi connectivity index (χ0v) is 11.8. The van der Waals surface area contributed by atoms with E-state index >= 15 is 0 Å². The van der Waals surface area contributed by atoms with Crippen molar-refractivity contribution in [1.29, 1.82) is 5.26 Å². The molecule has 3 nitrogen and oxygen atoms in total. The molecule has 2 fully saturated rings. The Labute approximate surface area is 111 Å². The van der Waals surface area contributed by atoms with Crippen LogP contribution in [0.3, 0.4) is 0 Å². The molecule has 0 aromatic rings. The largest absolute Gasteiger partial charge is 0.377 e. The Morgan fingerprint density at radius 3 is 2.72 bits per heavy atom. The zero-order valence-electron chi connectivity index (χ0n) is 11.8. The second kappa shape index (κ2) is 6.04. The summed E-state index contributed by atoms with van der Waals surface area (Å²) in [5.74, 6) is 0.228. The van der Waals surface area contributed by atoms with E-state index in [-0.39, 0.29) is 11.5 Å². The number of likely N-dealkylation sites (tertiary alicyclic amines) is 1. The Balaban J connectivity index is 2.06. The summed E-state index contributed by atoms with van der Waals surface area (Å²) in [6.45, 7) is 4.34. The van der Waals surface area contributed by atoms with E-state index < -0.39 is 0 Å². The van der Waals surface area contributed by atoms with Gasteiger partial charge in [0, 0.05) is 19.7 Å². The van der Waals surface area contributed by atoms with Crippen molar-refractivity contribution < 1.29 is 4.74 Å². The van der Waals surface area contributed by atoms with Crippen LogP contribution in [-0.4, -0.2) is 36.7 Å². The minimum absolute atomic E-state index is 0.00937. The summed E-state index contributed by atoms with van der Waals surface area (Å²) in [5, 5.41) is 9.40.